The summed E-state index contributed by atoms with van der Waals surface area (Å²) in [7, 11) is -8.67. The van der Waals surface area contributed by atoms with E-state index >= 15 is 0 Å². The van der Waals surface area contributed by atoms with Crippen LogP contribution in [0.5, 0.6) is 0 Å². The molecule has 9 nitrogen and oxygen atoms in total. The molecule has 0 saturated carbocycles. The number of hydrogen-bond donors (Lipinski definition) is 2. The van der Waals surface area contributed by atoms with E-state index in [-0.39, 0.29) is 17.2 Å². The highest BCUT2D eigenvalue weighted by Crippen LogP contribution is 2.44. The summed E-state index contributed by atoms with van der Waals surface area (Å²) in [4.78, 5) is 13.6. The summed E-state index contributed by atoms with van der Waals surface area (Å²) in [6.45, 7) is 6.16. The molecule has 11 heteroatoms. The van der Waals surface area contributed by atoms with Gasteiger partial charge in [-0.2, -0.15) is 21.4 Å². The van der Waals surface area contributed by atoms with Crippen LogP contribution in [-0.4, -0.2) is 54.4 Å². The molecule has 1 unspecified atom stereocenters. The van der Waals surface area contributed by atoms with Gasteiger partial charge in [0.1, 0.15) is 6.54 Å². The van der Waals surface area contributed by atoms with Crippen LogP contribution in [-0.2, 0) is 30.4 Å². The first kappa shape index (κ1) is 32.4. The lowest BCUT2D eigenvalue weighted by Crippen LogP contribution is -2.32. The van der Waals surface area contributed by atoms with E-state index in [1.807, 2.05) is 43.3 Å². The first-order valence-electron chi connectivity index (χ1n) is 13.7. The largest absolute Gasteiger partial charge is 0.294 e. The van der Waals surface area contributed by atoms with Gasteiger partial charge in [0.25, 0.3) is 20.2 Å². The molecule has 2 aromatic rings. The van der Waals surface area contributed by atoms with Gasteiger partial charge < -0.3 is 0 Å². The molecular weight excluding hydrogens is 564 g/mol. The van der Waals surface area contributed by atoms with Gasteiger partial charge in [-0.15, -0.1) is 0 Å². The fourth-order valence-corrected chi connectivity index (χ4v) is 6.26. The number of hydrogen-bond acceptors (Lipinski definition) is 5. The summed E-state index contributed by atoms with van der Waals surface area (Å²) in [6, 6.07) is 13.7. The molecule has 0 aromatic heterocycles. The fourth-order valence-electron chi connectivity index (χ4n) is 5.24. The Morgan fingerprint density at radius 1 is 0.976 bits per heavy atom. The Bertz CT molecular complexity index is 1550. The van der Waals surface area contributed by atoms with Gasteiger partial charge in [-0.1, -0.05) is 44.0 Å². The molecule has 0 radical (unpaired) electrons. The molecule has 0 fully saturated rings. The number of anilines is 1. The second kappa shape index (κ2) is 13.7. The van der Waals surface area contributed by atoms with Crippen LogP contribution < -0.4 is 4.90 Å². The van der Waals surface area contributed by atoms with Crippen molar-refractivity contribution in [1.82, 2.24) is 0 Å². The van der Waals surface area contributed by atoms with Crippen LogP contribution >= 0.6 is 0 Å². The van der Waals surface area contributed by atoms with Crippen molar-refractivity contribution >= 4 is 43.2 Å². The van der Waals surface area contributed by atoms with Crippen molar-refractivity contribution in [2.75, 3.05) is 17.2 Å². The molecule has 0 aliphatic carbocycles. The molecule has 0 bridgehead atoms. The zero-order valence-corrected chi connectivity index (χ0v) is 25.4. The lowest BCUT2D eigenvalue weighted by Gasteiger charge is -2.22. The maximum atomic E-state index is 12.3. The quantitative estimate of drug-likeness (QED) is 0.123. The SMILES string of the molecule is CCCCCC[N+]1=C(/C=C/C=C/N(C(C)=O)c2ccccc2)C(C)(CCCS(=O)(=O)O)c2cc(S(=O)(=O)O)ccc21. The average Bonchev–Trinajstić information content (AvgIpc) is 3.12. The van der Waals surface area contributed by atoms with Crippen molar-refractivity contribution in [1.29, 1.82) is 0 Å². The number of nitrogens with zero attached hydrogens (tertiary/aromatic N) is 2. The summed E-state index contributed by atoms with van der Waals surface area (Å²) in [5.41, 5.74) is 2.15. The minimum Gasteiger partial charge on any atom is -0.288 e. The fraction of sp³-hybridized carbons (Fsp3) is 0.400. The third-order valence-corrected chi connectivity index (χ3v) is 8.95. The number of benzene rings is 2. The Labute approximate surface area is 243 Å². The lowest BCUT2D eigenvalue weighted by atomic mass is 9.76. The maximum Gasteiger partial charge on any atom is 0.294 e. The Hall–Kier alpha value is -3.12. The highest BCUT2D eigenvalue weighted by atomic mass is 32.2. The van der Waals surface area contributed by atoms with Crippen LogP contribution in [0, 0.1) is 0 Å². The summed E-state index contributed by atoms with van der Waals surface area (Å²) in [5.74, 6) is -0.597. The molecule has 1 amide bonds. The second-order valence-electron chi connectivity index (χ2n) is 10.4. The van der Waals surface area contributed by atoms with E-state index in [1.54, 1.807) is 24.4 Å². The summed E-state index contributed by atoms with van der Waals surface area (Å²) in [5, 5.41) is 0. The number of amides is 1. The van der Waals surface area contributed by atoms with E-state index in [4.69, 9.17) is 0 Å². The van der Waals surface area contributed by atoms with Crippen LogP contribution in [0.15, 0.2) is 77.9 Å². The summed E-state index contributed by atoms with van der Waals surface area (Å²) < 4.78 is 68.3. The summed E-state index contributed by atoms with van der Waals surface area (Å²) >= 11 is 0. The van der Waals surface area contributed by atoms with Gasteiger partial charge >= 0.3 is 0 Å². The predicted octanol–water partition coefficient (Wildman–Crippen LogP) is 5.66. The molecule has 222 valence electrons. The first-order chi connectivity index (χ1) is 19.3. The van der Waals surface area contributed by atoms with Gasteiger partial charge in [0.05, 0.1) is 16.1 Å². The van der Waals surface area contributed by atoms with Crippen molar-refractivity contribution in [3.63, 3.8) is 0 Å². The van der Waals surface area contributed by atoms with E-state index < -0.39 is 31.4 Å². The third kappa shape index (κ3) is 8.45. The van der Waals surface area contributed by atoms with E-state index in [0.717, 1.165) is 42.8 Å². The van der Waals surface area contributed by atoms with Crippen molar-refractivity contribution < 1.29 is 35.3 Å². The van der Waals surface area contributed by atoms with Gasteiger partial charge in [-0.05, 0) is 56.5 Å². The first-order valence-corrected chi connectivity index (χ1v) is 16.7. The van der Waals surface area contributed by atoms with Crippen molar-refractivity contribution in [2.24, 2.45) is 0 Å². The number of rotatable bonds is 14. The van der Waals surface area contributed by atoms with Gasteiger partial charge in [-0.3, -0.25) is 18.8 Å². The highest BCUT2D eigenvalue weighted by molar-refractivity contribution is 7.86. The molecule has 2 aromatic carbocycles. The van der Waals surface area contributed by atoms with Crippen LogP contribution in [0.2, 0.25) is 0 Å². The van der Waals surface area contributed by atoms with Gasteiger partial charge in [0, 0.05) is 42.9 Å². The number of carbonyl (C=O) groups is 1. The number of allylic oxidation sites excluding steroid dienone is 3. The van der Waals surface area contributed by atoms with E-state index in [0.29, 0.717) is 18.5 Å². The molecule has 1 aliphatic heterocycles. The zero-order chi connectivity index (χ0) is 30.3. The molecule has 2 N–H and O–H groups in total. The average molecular weight is 604 g/mol. The molecule has 1 aliphatic rings. The van der Waals surface area contributed by atoms with E-state index in [2.05, 4.69) is 11.5 Å². The van der Waals surface area contributed by atoms with Gasteiger partial charge in [0.15, 0.2) is 5.71 Å². The maximum absolute atomic E-state index is 12.3. The minimum atomic E-state index is -4.47. The molecular formula is C30H39N2O7S2+. The van der Waals surface area contributed by atoms with Crippen LogP contribution in [0.3, 0.4) is 0 Å². The van der Waals surface area contributed by atoms with Crippen molar-refractivity contribution in [3.8, 4) is 0 Å². The van der Waals surface area contributed by atoms with E-state index in [9.17, 15) is 30.7 Å². The standard InChI is InChI=1S/C30H38N2O7S2/c1-4-5-6-11-21-32-28-18-17-26(41(37,38)39)23-27(28)30(3,19-13-22-40(34,35)36)29(32)16-10-12-20-31(24(2)33)25-14-8-7-9-15-25/h7-10,12,14-18,20,23H,4-6,11,13,19,21-22H2,1-3H3,(H-,34,35,36,37,38,39)/p+1. The number of fused-ring (bicyclic) bond motifs is 1. The summed E-state index contributed by atoms with van der Waals surface area (Å²) in [6.07, 6.45) is 11.5. The molecule has 41 heavy (non-hydrogen) atoms. The smallest absolute Gasteiger partial charge is 0.288 e. The number of carbonyl (C=O) groups excluding carboxylic acids is 1. The zero-order valence-electron chi connectivity index (χ0n) is 23.7. The number of para-hydroxylation sites is 1. The minimum absolute atomic E-state index is 0.133. The van der Waals surface area contributed by atoms with Crippen molar-refractivity contribution in [3.05, 3.63) is 78.5 Å². The second-order valence-corrected chi connectivity index (χ2v) is 13.4. The molecule has 1 atom stereocenters. The molecule has 0 spiro atoms. The molecule has 0 saturated heterocycles. The number of unbranched alkanes of at least 4 members (excludes halogenated alkanes) is 3. The Morgan fingerprint density at radius 2 is 1.68 bits per heavy atom. The van der Waals surface area contributed by atoms with Gasteiger partial charge in [0.2, 0.25) is 11.6 Å². The van der Waals surface area contributed by atoms with E-state index in [1.165, 1.54) is 24.0 Å². The lowest BCUT2D eigenvalue weighted by molar-refractivity contribution is -0.438. The Morgan fingerprint density at radius 3 is 2.29 bits per heavy atom. The van der Waals surface area contributed by atoms with Crippen molar-refractivity contribution in [2.45, 2.75) is 69.6 Å². The van der Waals surface area contributed by atoms with Crippen LogP contribution in [0.1, 0.15) is 64.9 Å². The molecule has 3 rings (SSSR count). The van der Waals surface area contributed by atoms with Crippen LogP contribution in [0.4, 0.5) is 11.4 Å². The monoisotopic (exact) mass is 603 g/mol. The molecule has 1 heterocycles. The predicted molar refractivity (Wildman–Crippen MR) is 161 cm³/mol. The normalized spacial score (nSPS) is 17.5. The topological polar surface area (TPSA) is 132 Å². The van der Waals surface area contributed by atoms with Crippen LogP contribution in [0.25, 0.3) is 0 Å². The Balaban J connectivity index is 2.08. The van der Waals surface area contributed by atoms with Gasteiger partial charge in [-0.25, -0.2) is 0 Å². The third-order valence-electron chi connectivity index (χ3n) is 7.30. The highest BCUT2D eigenvalue weighted by Gasteiger charge is 2.47. The Kier molecular flexibility index (Phi) is 10.8.